The van der Waals surface area contributed by atoms with Crippen LogP contribution < -0.4 is 14.8 Å². The molecule has 0 bridgehead atoms. The van der Waals surface area contributed by atoms with E-state index >= 15 is 0 Å². The van der Waals surface area contributed by atoms with Gasteiger partial charge in [-0.1, -0.05) is 40.2 Å². The van der Waals surface area contributed by atoms with Crippen molar-refractivity contribution in [1.82, 2.24) is 5.32 Å². The van der Waals surface area contributed by atoms with Crippen LogP contribution in [0.25, 0.3) is 0 Å². The summed E-state index contributed by atoms with van der Waals surface area (Å²) < 4.78 is 11.9. The van der Waals surface area contributed by atoms with E-state index in [0.29, 0.717) is 0 Å². The van der Waals surface area contributed by atoms with Gasteiger partial charge in [0, 0.05) is 22.6 Å². The molecule has 112 valence electrons. The summed E-state index contributed by atoms with van der Waals surface area (Å²) in [6.07, 6.45) is 0. The van der Waals surface area contributed by atoms with Gasteiger partial charge in [0.15, 0.2) is 11.5 Å². The molecule has 21 heavy (non-hydrogen) atoms. The quantitative estimate of drug-likeness (QED) is 0.842. The molecular formula is C17H20BrNO2. The van der Waals surface area contributed by atoms with Crippen molar-refractivity contribution in [2.75, 3.05) is 14.2 Å². The Morgan fingerprint density at radius 3 is 2.38 bits per heavy atom. The van der Waals surface area contributed by atoms with Crippen LogP contribution >= 0.6 is 15.9 Å². The Bertz CT molecular complexity index is 584. The smallest absolute Gasteiger partial charge is 0.165 e. The van der Waals surface area contributed by atoms with Crippen molar-refractivity contribution < 1.29 is 9.47 Å². The standard InChI is InChI=1S/C17H20BrNO2/c1-12(13-7-9-15(18)10-8-13)19-11-14-5-4-6-16(20-2)17(14)21-3/h4-10,12,19H,11H2,1-3H3/t12-/m1/s1. The minimum atomic E-state index is 0.258. The molecule has 0 fully saturated rings. The number of ether oxygens (including phenoxy) is 2. The first-order chi connectivity index (χ1) is 10.2. The molecule has 0 saturated heterocycles. The molecular weight excluding hydrogens is 330 g/mol. The highest BCUT2D eigenvalue weighted by atomic mass is 79.9. The van der Waals surface area contributed by atoms with E-state index in [4.69, 9.17) is 9.47 Å². The lowest BCUT2D eigenvalue weighted by atomic mass is 10.1. The van der Waals surface area contributed by atoms with E-state index in [2.05, 4.69) is 52.4 Å². The maximum Gasteiger partial charge on any atom is 0.165 e. The van der Waals surface area contributed by atoms with Gasteiger partial charge in [0.05, 0.1) is 14.2 Å². The van der Waals surface area contributed by atoms with Crippen LogP contribution in [-0.2, 0) is 6.54 Å². The Morgan fingerprint density at radius 1 is 1.05 bits per heavy atom. The second-order valence-corrected chi connectivity index (χ2v) is 5.72. The first kappa shape index (κ1) is 15.9. The van der Waals surface area contributed by atoms with E-state index < -0.39 is 0 Å². The van der Waals surface area contributed by atoms with E-state index in [-0.39, 0.29) is 6.04 Å². The van der Waals surface area contributed by atoms with Crippen molar-refractivity contribution in [3.05, 3.63) is 58.1 Å². The fourth-order valence-corrected chi connectivity index (χ4v) is 2.49. The largest absolute Gasteiger partial charge is 0.493 e. The zero-order chi connectivity index (χ0) is 15.2. The van der Waals surface area contributed by atoms with Crippen LogP contribution in [0.2, 0.25) is 0 Å². The molecule has 0 radical (unpaired) electrons. The molecule has 0 aromatic heterocycles. The van der Waals surface area contributed by atoms with Crippen LogP contribution in [0.1, 0.15) is 24.1 Å². The normalized spacial score (nSPS) is 12.0. The molecule has 0 aliphatic carbocycles. The van der Waals surface area contributed by atoms with Crippen LogP contribution in [0, 0.1) is 0 Å². The summed E-state index contributed by atoms with van der Waals surface area (Å²) in [5, 5.41) is 3.51. The van der Waals surface area contributed by atoms with E-state index in [1.807, 2.05) is 18.2 Å². The molecule has 4 heteroatoms. The van der Waals surface area contributed by atoms with Gasteiger partial charge in [-0.3, -0.25) is 0 Å². The van der Waals surface area contributed by atoms with Crippen LogP contribution in [0.3, 0.4) is 0 Å². The summed E-state index contributed by atoms with van der Waals surface area (Å²) in [5.74, 6) is 1.55. The molecule has 0 saturated carbocycles. The number of rotatable bonds is 6. The van der Waals surface area contributed by atoms with Gasteiger partial charge in [-0.25, -0.2) is 0 Å². The molecule has 2 aromatic rings. The Morgan fingerprint density at radius 2 is 1.76 bits per heavy atom. The van der Waals surface area contributed by atoms with E-state index in [9.17, 15) is 0 Å². The van der Waals surface area contributed by atoms with Gasteiger partial charge in [0.2, 0.25) is 0 Å². The molecule has 0 amide bonds. The molecule has 1 N–H and O–H groups in total. The second kappa shape index (κ2) is 7.48. The fourth-order valence-electron chi connectivity index (χ4n) is 2.23. The maximum atomic E-state index is 5.45. The third-order valence-corrected chi connectivity index (χ3v) is 3.98. The predicted octanol–water partition coefficient (Wildman–Crippen LogP) is 4.32. The summed E-state index contributed by atoms with van der Waals surface area (Å²) in [5.41, 5.74) is 2.33. The van der Waals surface area contributed by atoms with Crippen LogP contribution in [0.5, 0.6) is 11.5 Å². The Balaban J connectivity index is 2.07. The summed E-state index contributed by atoms with van der Waals surface area (Å²) in [6.45, 7) is 2.87. The first-order valence-electron chi connectivity index (χ1n) is 6.84. The topological polar surface area (TPSA) is 30.5 Å². The molecule has 2 aromatic carbocycles. The number of benzene rings is 2. The number of hydrogen-bond donors (Lipinski definition) is 1. The monoisotopic (exact) mass is 349 g/mol. The molecule has 0 heterocycles. The average molecular weight is 350 g/mol. The lowest BCUT2D eigenvalue weighted by Gasteiger charge is -2.17. The SMILES string of the molecule is COc1cccc(CN[C@H](C)c2ccc(Br)cc2)c1OC. The Hall–Kier alpha value is -1.52. The van der Waals surface area contributed by atoms with E-state index in [1.165, 1.54) is 5.56 Å². The average Bonchev–Trinajstić information content (AvgIpc) is 2.52. The highest BCUT2D eigenvalue weighted by Crippen LogP contribution is 2.31. The van der Waals surface area contributed by atoms with Gasteiger partial charge < -0.3 is 14.8 Å². The van der Waals surface area contributed by atoms with Crippen LogP contribution in [0.4, 0.5) is 0 Å². The van der Waals surface area contributed by atoms with Crippen molar-refractivity contribution in [2.24, 2.45) is 0 Å². The highest BCUT2D eigenvalue weighted by Gasteiger charge is 2.11. The lowest BCUT2D eigenvalue weighted by molar-refractivity contribution is 0.350. The van der Waals surface area contributed by atoms with E-state index in [1.54, 1.807) is 14.2 Å². The van der Waals surface area contributed by atoms with Gasteiger partial charge in [-0.15, -0.1) is 0 Å². The van der Waals surface area contributed by atoms with Gasteiger partial charge in [0.25, 0.3) is 0 Å². The molecule has 0 unspecified atom stereocenters. The van der Waals surface area contributed by atoms with Crippen molar-refractivity contribution in [3.8, 4) is 11.5 Å². The first-order valence-corrected chi connectivity index (χ1v) is 7.63. The van der Waals surface area contributed by atoms with E-state index in [0.717, 1.165) is 28.1 Å². The van der Waals surface area contributed by atoms with Crippen LogP contribution in [0.15, 0.2) is 46.9 Å². The Kier molecular flexibility index (Phi) is 5.65. The third kappa shape index (κ3) is 3.99. The van der Waals surface area contributed by atoms with Crippen molar-refractivity contribution in [1.29, 1.82) is 0 Å². The summed E-state index contributed by atoms with van der Waals surface area (Å²) >= 11 is 3.45. The van der Waals surface area contributed by atoms with Crippen molar-refractivity contribution in [2.45, 2.75) is 19.5 Å². The third-order valence-electron chi connectivity index (χ3n) is 3.45. The maximum absolute atomic E-state index is 5.45. The number of hydrogen-bond acceptors (Lipinski definition) is 3. The summed E-state index contributed by atoms with van der Waals surface area (Å²) in [7, 11) is 3.32. The highest BCUT2D eigenvalue weighted by molar-refractivity contribution is 9.10. The lowest BCUT2D eigenvalue weighted by Crippen LogP contribution is -2.18. The van der Waals surface area contributed by atoms with Gasteiger partial charge in [-0.2, -0.15) is 0 Å². The molecule has 2 rings (SSSR count). The molecule has 0 aliphatic heterocycles. The minimum Gasteiger partial charge on any atom is -0.493 e. The number of para-hydroxylation sites is 1. The predicted molar refractivity (Wildman–Crippen MR) is 88.9 cm³/mol. The molecule has 3 nitrogen and oxygen atoms in total. The fraction of sp³-hybridized carbons (Fsp3) is 0.294. The van der Waals surface area contributed by atoms with Gasteiger partial charge >= 0.3 is 0 Å². The van der Waals surface area contributed by atoms with Gasteiger partial charge in [0.1, 0.15) is 0 Å². The second-order valence-electron chi connectivity index (χ2n) is 4.81. The number of halogens is 1. The van der Waals surface area contributed by atoms with Crippen LogP contribution in [-0.4, -0.2) is 14.2 Å². The summed E-state index contributed by atoms with van der Waals surface area (Å²) in [6, 6.07) is 14.5. The summed E-state index contributed by atoms with van der Waals surface area (Å²) in [4.78, 5) is 0. The zero-order valence-corrected chi connectivity index (χ0v) is 14.1. The molecule has 0 aliphatic rings. The Labute approximate surface area is 134 Å². The number of nitrogens with one attached hydrogen (secondary N) is 1. The number of methoxy groups -OCH3 is 2. The molecule has 1 atom stereocenters. The van der Waals surface area contributed by atoms with Crippen molar-refractivity contribution in [3.63, 3.8) is 0 Å². The minimum absolute atomic E-state index is 0.258. The van der Waals surface area contributed by atoms with Gasteiger partial charge in [-0.05, 0) is 30.7 Å². The zero-order valence-electron chi connectivity index (χ0n) is 12.5. The van der Waals surface area contributed by atoms with Crippen molar-refractivity contribution >= 4 is 15.9 Å². The molecule has 0 spiro atoms.